The van der Waals surface area contributed by atoms with Crippen LogP contribution in [-0.2, 0) is 21.4 Å². The minimum Gasteiger partial charge on any atom is -0.484 e. The van der Waals surface area contributed by atoms with Gasteiger partial charge >= 0.3 is 0 Å². The van der Waals surface area contributed by atoms with E-state index in [9.17, 15) is 13.2 Å². The molecule has 150 valence electrons. The summed E-state index contributed by atoms with van der Waals surface area (Å²) >= 11 is 0. The lowest BCUT2D eigenvalue weighted by atomic mass is 10.1. The van der Waals surface area contributed by atoms with Crippen LogP contribution in [0.3, 0.4) is 0 Å². The Balaban J connectivity index is 1.51. The molecule has 1 amide bonds. The van der Waals surface area contributed by atoms with Gasteiger partial charge in [-0.3, -0.25) is 9.52 Å². The highest BCUT2D eigenvalue weighted by Gasteiger charge is 2.14. The average Bonchev–Trinajstić information content (AvgIpc) is 2.72. The smallest absolute Gasteiger partial charge is 0.261 e. The van der Waals surface area contributed by atoms with Crippen LogP contribution in [0.25, 0.3) is 0 Å². The molecular formula is C22H22N2O4S. The first-order chi connectivity index (χ1) is 13.9. The first-order valence-corrected chi connectivity index (χ1v) is 10.5. The molecule has 0 saturated carbocycles. The van der Waals surface area contributed by atoms with E-state index in [-0.39, 0.29) is 17.4 Å². The maximum absolute atomic E-state index is 12.4. The molecule has 0 aliphatic heterocycles. The van der Waals surface area contributed by atoms with Crippen LogP contribution < -0.4 is 14.8 Å². The molecule has 0 saturated heterocycles. The number of rotatable bonds is 8. The number of carbonyl (C=O) groups excluding carboxylic acids is 1. The third-order valence-electron chi connectivity index (χ3n) is 4.14. The standard InChI is InChI=1S/C22H22N2O4S/c1-17-7-9-18(10-8-17)15-23-22(25)16-28-20-11-13-21(14-12-20)29(26,27)24-19-5-3-2-4-6-19/h2-14,24H,15-16H2,1H3,(H,23,25). The van der Waals surface area contributed by atoms with Gasteiger partial charge in [-0.2, -0.15) is 0 Å². The highest BCUT2D eigenvalue weighted by Crippen LogP contribution is 2.19. The van der Waals surface area contributed by atoms with Crippen molar-refractivity contribution in [1.29, 1.82) is 0 Å². The molecule has 3 rings (SSSR count). The van der Waals surface area contributed by atoms with E-state index in [4.69, 9.17) is 4.74 Å². The molecule has 6 nitrogen and oxygen atoms in total. The fraction of sp³-hybridized carbons (Fsp3) is 0.136. The first kappa shape index (κ1) is 20.4. The van der Waals surface area contributed by atoms with Gasteiger partial charge in [0, 0.05) is 12.2 Å². The maximum atomic E-state index is 12.4. The van der Waals surface area contributed by atoms with E-state index in [1.807, 2.05) is 31.2 Å². The molecule has 3 aromatic carbocycles. The predicted octanol–water partition coefficient (Wildman–Crippen LogP) is 3.49. The van der Waals surface area contributed by atoms with Gasteiger partial charge in [-0.05, 0) is 48.9 Å². The van der Waals surface area contributed by atoms with E-state index >= 15 is 0 Å². The molecule has 0 aromatic heterocycles. The van der Waals surface area contributed by atoms with Crippen molar-refractivity contribution in [3.63, 3.8) is 0 Å². The van der Waals surface area contributed by atoms with Crippen LogP contribution in [0.15, 0.2) is 83.8 Å². The van der Waals surface area contributed by atoms with Crippen molar-refractivity contribution in [1.82, 2.24) is 5.32 Å². The van der Waals surface area contributed by atoms with Gasteiger partial charge in [-0.15, -0.1) is 0 Å². The van der Waals surface area contributed by atoms with Crippen LogP contribution in [0, 0.1) is 6.92 Å². The number of anilines is 1. The number of benzene rings is 3. The quantitative estimate of drug-likeness (QED) is 0.595. The number of sulfonamides is 1. The van der Waals surface area contributed by atoms with Crippen LogP contribution in [0.2, 0.25) is 0 Å². The molecule has 0 atom stereocenters. The summed E-state index contributed by atoms with van der Waals surface area (Å²) in [6, 6.07) is 22.4. The number of carbonyl (C=O) groups is 1. The van der Waals surface area contributed by atoms with Gasteiger partial charge in [0.05, 0.1) is 4.90 Å². The van der Waals surface area contributed by atoms with E-state index < -0.39 is 10.0 Å². The molecular weight excluding hydrogens is 388 g/mol. The molecule has 0 radical (unpaired) electrons. The zero-order valence-corrected chi connectivity index (χ0v) is 16.8. The number of ether oxygens (including phenoxy) is 1. The fourth-order valence-electron chi connectivity index (χ4n) is 2.54. The number of nitrogens with one attached hydrogen (secondary N) is 2. The highest BCUT2D eigenvalue weighted by atomic mass is 32.2. The number of para-hydroxylation sites is 1. The summed E-state index contributed by atoms with van der Waals surface area (Å²) in [7, 11) is -3.69. The summed E-state index contributed by atoms with van der Waals surface area (Å²) in [6.07, 6.45) is 0. The average molecular weight is 410 g/mol. The summed E-state index contributed by atoms with van der Waals surface area (Å²) in [4.78, 5) is 12.1. The van der Waals surface area contributed by atoms with E-state index in [1.165, 1.54) is 24.3 Å². The van der Waals surface area contributed by atoms with Crippen molar-refractivity contribution < 1.29 is 17.9 Å². The topological polar surface area (TPSA) is 84.5 Å². The van der Waals surface area contributed by atoms with E-state index in [1.54, 1.807) is 30.3 Å². The summed E-state index contributed by atoms with van der Waals surface area (Å²) in [5.41, 5.74) is 2.65. The van der Waals surface area contributed by atoms with Gasteiger partial charge in [0.2, 0.25) is 0 Å². The van der Waals surface area contributed by atoms with Gasteiger partial charge in [0.1, 0.15) is 5.75 Å². The summed E-state index contributed by atoms with van der Waals surface area (Å²) < 4.78 is 32.7. The van der Waals surface area contributed by atoms with Crippen molar-refractivity contribution in [3.8, 4) is 5.75 Å². The zero-order chi connectivity index (χ0) is 20.7. The van der Waals surface area contributed by atoms with Crippen LogP contribution in [0.1, 0.15) is 11.1 Å². The van der Waals surface area contributed by atoms with Crippen LogP contribution >= 0.6 is 0 Å². The third-order valence-corrected chi connectivity index (χ3v) is 5.54. The second kappa shape index (κ2) is 9.25. The van der Waals surface area contributed by atoms with Gasteiger partial charge in [0.25, 0.3) is 15.9 Å². The van der Waals surface area contributed by atoms with Crippen LogP contribution in [-0.4, -0.2) is 20.9 Å². The molecule has 0 heterocycles. The SMILES string of the molecule is Cc1ccc(CNC(=O)COc2ccc(S(=O)(=O)Nc3ccccc3)cc2)cc1. The lowest BCUT2D eigenvalue weighted by molar-refractivity contribution is -0.123. The monoisotopic (exact) mass is 410 g/mol. The van der Waals surface area contributed by atoms with Crippen LogP contribution in [0.4, 0.5) is 5.69 Å². The lowest BCUT2D eigenvalue weighted by Gasteiger charge is -2.10. The van der Waals surface area contributed by atoms with Crippen molar-refractivity contribution in [3.05, 3.63) is 90.0 Å². The largest absolute Gasteiger partial charge is 0.484 e. The predicted molar refractivity (Wildman–Crippen MR) is 112 cm³/mol. The summed E-state index contributed by atoms with van der Waals surface area (Å²) in [5.74, 6) is 0.155. The molecule has 0 spiro atoms. The van der Waals surface area contributed by atoms with Crippen molar-refractivity contribution in [2.75, 3.05) is 11.3 Å². The van der Waals surface area contributed by atoms with Crippen molar-refractivity contribution in [2.45, 2.75) is 18.4 Å². The minimum absolute atomic E-state index is 0.109. The second-order valence-corrected chi connectivity index (χ2v) is 8.18. The first-order valence-electron chi connectivity index (χ1n) is 9.05. The van der Waals surface area contributed by atoms with E-state index in [0.29, 0.717) is 18.0 Å². The Kier molecular flexibility index (Phi) is 6.51. The Labute approximate surface area is 170 Å². The van der Waals surface area contributed by atoms with E-state index in [2.05, 4.69) is 10.0 Å². The Hall–Kier alpha value is -3.32. The molecule has 0 aliphatic rings. The fourth-order valence-corrected chi connectivity index (χ4v) is 3.60. The Morgan fingerprint density at radius 3 is 2.21 bits per heavy atom. The minimum atomic E-state index is -3.69. The number of aryl methyl sites for hydroxylation is 1. The molecule has 0 fully saturated rings. The molecule has 29 heavy (non-hydrogen) atoms. The normalized spacial score (nSPS) is 10.9. The maximum Gasteiger partial charge on any atom is 0.261 e. The molecule has 7 heteroatoms. The Bertz CT molecular complexity index is 1050. The van der Waals surface area contributed by atoms with E-state index in [0.717, 1.165) is 11.1 Å². The second-order valence-electron chi connectivity index (χ2n) is 6.49. The lowest BCUT2D eigenvalue weighted by Crippen LogP contribution is -2.28. The number of hydrogen-bond donors (Lipinski definition) is 2. The van der Waals surface area contributed by atoms with Crippen molar-refractivity contribution in [2.24, 2.45) is 0 Å². The molecule has 0 bridgehead atoms. The Morgan fingerprint density at radius 1 is 0.897 bits per heavy atom. The zero-order valence-electron chi connectivity index (χ0n) is 16.0. The Morgan fingerprint density at radius 2 is 1.55 bits per heavy atom. The van der Waals surface area contributed by atoms with Gasteiger partial charge in [-0.1, -0.05) is 48.0 Å². The number of hydrogen-bond acceptors (Lipinski definition) is 4. The van der Waals surface area contributed by atoms with Gasteiger partial charge in [-0.25, -0.2) is 8.42 Å². The highest BCUT2D eigenvalue weighted by molar-refractivity contribution is 7.92. The molecule has 0 unspecified atom stereocenters. The van der Waals surface area contributed by atoms with Crippen LogP contribution in [0.5, 0.6) is 5.75 Å². The van der Waals surface area contributed by atoms with Crippen molar-refractivity contribution >= 4 is 21.6 Å². The molecule has 3 aromatic rings. The summed E-state index contributed by atoms with van der Waals surface area (Å²) in [6.45, 7) is 2.27. The van der Waals surface area contributed by atoms with Gasteiger partial charge < -0.3 is 10.1 Å². The molecule has 0 aliphatic carbocycles. The summed E-state index contributed by atoms with van der Waals surface area (Å²) in [5, 5.41) is 2.78. The third kappa shape index (κ3) is 6.08. The molecule has 2 N–H and O–H groups in total. The number of amides is 1. The van der Waals surface area contributed by atoms with Gasteiger partial charge in [0.15, 0.2) is 6.61 Å².